The Balaban J connectivity index is 0.00000169. The van der Waals surface area contributed by atoms with Gasteiger partial charge in [-0.1, -0.05) is 11.6 Å². The summed E-state index contributed by atoms with van der Waals surface area (Å²) in [6.07, 6.45) is 0. The fourth-order valence-electron chi connectivity index (χ4n) is 1.27. The summed E-state index contributed by atoms with van der Waals surface area (Å²) in [4.78, 5) is 1.99. The molecule has 0 aliphatic rings. The van der Waals surface area contributed by atoms with Crippen LogP contribution in [-0.2, 0) is 23.6 Å². The number of aryl methyl sites for hydroxylation is 1. The molecular weight excluding hydrogens is 249 g/mol. The number of hydrogen-bond acceptors (Lipinski definition) is 2. The van der Waals surface area contributed by atoms with Gasteiger partial charge in [-0.15, -0.1) is 0 Å². The SMILES string of the molecule is Cc1cc(Cl)cc(CN(C)C)c1O.[Cu+2]. The number of benzene rings is 1. The van der Waals surface area contributed by atoms with Crippen molar-refractivity contribution >= 4 is 11.6 Å². The maximum atomic E-state index is 9.69. The molecule has 2 nitrogen and oxygen atoms in total. The van der Waals surface area contributed by atoms with Crippen molar-refractivity contribution < 1.29 is 22.2 Å². The number of nitrogens with zero attached hydrogens (tertiary/aromatic N) is 1. The van der Waals surface area contributed by atoms with E-state index in [1.54, 1.807) is 12.1 Å². The fraction of sp³-hybridized carbons (Fsp3) is 0.400. The van der Waals surface area contributed by atoms with Gasteiger partial charge in [0.25, 0.3) is 0 Å². The molecule has 0 fully saturated rings. The van der Waals surface area contributed by atoms with Crippen LogP contribution in [0.1, 0.15) is 11.1 Å². The second-order valence-corrected chi connectivity index (χ2v) is 3.90. The predicted molar refractivity (Wildman–Crippen MR) is 55.2 cm³/mol. The van der Waals surface area contributed by atoms with Gasteiger partial charge < -0.3 is 10.0 Å². The van der Waals surface area contributed by atoms with Crippen LogP contribution in [0.15, 0.2) is 12.1 Å². The molecule has 0 atom stereocenters. The van der Waals surface area contributed by atoms with Crippen LogP contribution in [0.5, 0.6) is 5.75 Å². The molecule has 1 aromatic carbocycles. The van der Waals surface area contributed by atoms with Crippen molar-refractivity contribution in [1.29, 1.82) is 0 Å². The van der Waals surface area contributed by atoms with Gasteiger partial charge in [-0.3, -0.25) is 0 Å². The molecule has 0 aliphatic heterocycles. The van der Waals surface area contributed by atoms with Gasteiger partial charge in [-0.2, -0.15) is 0 Å². The van der Waals surface area contributed by atoms with E-state index in [0.717, 1.165) is 11.1 Å². The summed E-state index contributed by atoms with van der Waals surface area (Å²) in [6.45, 7) is 2.55. The molecule has 0 aromatic heterocycles. The maximum Gasteiger partial charge on any atom is 2.00 e. The first-order valence-electron chi connectivity index (χ1n) is 4.13. The van der Waals surface area contributed by atoms with Crippen molar-refractivity contribution in [2.45, 2.75) is 13.5 Å². The van der Waals surface area contributed by atoms with Crippen LogP contribution in [0.2, 0.25) is 5.02 Å². The minimum Gasteiger partial charge on any atom is -0.507 e. The van der Waals surface area contributed by atoms with Gasteiger partial charge in [-0.25, -0.2) is 0 Å². The predicted octanol–water partition coefficient (Wildman–Crippen LogP) is 2.41. The topological polar surface area (TPSA) is 23.5 Å². The Morgan fingerprint density at radius 2 is 1.93 bits per heavy atom. The van der Waals surface area contributed by atoms with Crippen LogP contribution in [0.4, 0.5) is 0 Å². The number of phenols is 1. The van der Waals surface area contributed by atoms with Crippen molar-refractivity contribution in [3.63, 3.8) is 0 Å². The molecule has 0 saturated heterocycles. The molecule has 0 aliphatic carbocycles. The van der Waals surface area contributed by atoms with Crippen molar-refractivity contribution in [1.82, 2.24) is 4.90 Å². The summed E-state index contributed by atoms with van der Waals surface area (Å²) < 4.78 is 0. The van der Waals surface area contributed by atoms with E-state index in [1.165, 1.54) is 0 Å². The minimum absolute atomic E-state index is 0. The molecule has 1 rings (SSSR count). The van der Waals surface area contributed by atoms with Crippen molar-refractivity contribution in [3.8, 4) is 5.75 Å². The van der Waals surface area contributed by atoms with Crippen molar-refractivity contribution in [2.75, 3.05) is 14.1 Å². The standard InChI is InChI=1S/C10H14ClNO.Cu/c1-7-4-9(11)5-8(10(7)13)6-12(2)3;/h4-5,13H,6H2,1-3H3;/q;+2. The average Bonchev–Trinajstić information content (AvgIpc) is 1.98. The molecule has 4 heteroatoms. The molecule has 0 heterocycles. The molecule has 81 valence electrons. The zero-order valence-corrected chi connectivity index (χ0v) is 10.1. The average molecular weight is 263 g/mol. The Morgan fingerprint density at radius 1 is 1.36 bits per heavy atom. The van der Waals surface area contributed by atoms with E-state index in [9.17, 15) is 5.11 Å². The van der Waals surface area contributed by atoms with Crippen LogP contribution in [-0.4, -0.2) is 24.1 Å². The summed E-state index contributed by atoms with van der Waals surface area (Å²) in [5, 5.41) is 10.4. The second-order valence-electron chi connectivity index (χ2n) is 3.47. The first-order chi connectivity index (χ1) is 6.00. The van der Waals surface area contributed by atoms with Crippen LogP contribution in [0.25, 0.3) is 0 Å². The summed E-state index contributed by atoms with van der Waals surface area (Å²) in [7, 11) is 3.91. The summed E-state index contributed by atoms with van der Waals surface area (Å²) in [6, 6.07) is 3.56. The molecule has 1 aromatic rings. The van der Waals surface area contributed by atoms with E-state index >= 15 is 0 Å². The van der Waals surface area contributed by atoms with E-state index < -0.39 is 0 Å². The van der Waals surface area contributed by atoms with Gasteiger partial charge >= 0.3 is 17.1 Å². The number of rotatable bonds is 2. The van der Waals surface area contributed by atoms with Gasteiger partial charge in [0, 0.05) is 17.1 Å². The summed E-state index contributed by atoms with van der Waals surface area (Å²) in [5.41, 5.74) is 1.69. The number of hydrogen-bond donors (Lipinski definition) is 1. The van der Waals surface area contributed by atoms with E-state index in [1.807, 2.05) is 25.9 Å². The van der Waals surface area contributed by atoms with Crippen LogP contribution in [0, 0.1) is 6.92 Å². The zero-order valence-electron chi connectivity index (χ0n) is 8.44. The second kappa shape index (κ2) is 5.62. The zero-order chi connectivity index (χ0) is 10.0. The number of phenolic OH excluding ortho intramolecular Hbond substituents is 1. The Labute approximate surface area is 100 Å². The molecule has 14 heavy (non-hydrogen) atoms. The van der Waals surface area contributed by atoms with Gasteiger partial charge in [0.05, 0.1) is 0 Å². The molecule has 1 N–H and O–H groups in total. The Kier molecular flexibility index (Phi) is 5.53. The molecule has 1 radical (unpaired) electrons. The van der Waals surface area contributed by atoms with E-state index in [2.05, 4.69) is 0 Å². The largest absolute Gasteiger partial charge is 2.00 e. The van der Waals surface area contributed by atoms with Crippen LogP contribution in [0.3, 0.4) is 0 Å². The summed E-state index contributed by atoms with van der Waals surface area (Å²) >= 11 is 5.88. The Morgan fingerprint density at radius 3 is 2.43 bits per heavy atom. The van der Waals surface area contributed by atoms with Gasteiger partial charge in [0.15, 0.2) is 0 Å². The van der Waals surface area contributed by atoms with Crippen LogP contribution < -0.4 is 0 Å². The third-order valence-electron chi connectivity index (χ3n) is 1.83. The number of aromatic hydroxyl groups is 1. The quantitative estimate of drug-likeness (QED) is 0.828. The Bertz CT molecular complexity index is 315. The smallest absolute Gasteiger partial charge is 0.507 e. The Hall–Kier alpha value is -0.211. The number of halogens is 1. The third-order valence-corrected chi connectivity index (χ3v) is 2.05. The first kappa shape index (κ1) is 13.8. The van der Waals surface area contributed by atoms with Gasteiger partial charge in [-0.05, 0) is 38.7 Å². The molecular formula is C10H14ClCuNO+2. The van der Waals surface area contributed by atoms with Crippen LogP contribution >= 0.6 is 11.6 Å². The normalized spacial score (nSPS) is 10.1. The van der Waals surface area contributed by atoms with Crippen molar-refractivity contribution in [3.05, 3.63) is 28.3 Å². The molecule has 0 amide bonds. The minimum atomic E-state index is 0. The molecule has 0 unspecified atom stereocenters. The van der Waals surface area contributed by atoms with E-state index in [-0.39, 0.29) is 17.1 Å². The molecule has 0 saturated carbocycles. The summed E-state index contributed by atoms with van der Waals surface area (Å²) in [5.74, 6) is 0.345. The molecule has 0 bridgehead atoms. The third kappa shape index (κ3) is 3.50. The van der Waals surface area contributed by atoms with Gasteiger partial charge in [0.1, 0.15) is 5.75 Å². The van der Waals surface area contributed by atoms with Crippen molar-refractivity contribution in [2.24, 2.45) is 0 Å². The maximum absolute atomic E-state index is 9.69. The molecule has 0 spiro atoms. The fourth-order valence-corrected chi connectivity index (χ4v) is 1.56. The van der Waals surface area contributed by atoms with E-state index in [4.69, 9.17) is 11.6 Å². The first-order valence-corrected chi connectivity index (χ1v) is 4.51. The monoisotopic (exact) mass is 262 g/mol. The van der Waals surface area contributed by atoms with E-state index in [0.29, 0.717) is 17.3 Å². The van der Waals surface area contributed by atoms with Gasteiger partial charge in [0.2, 0.25) is 0 Å².